The Hall–Kier alpha value is -2.06. The van der Waals surface area contributed by atoms with Crippen molar-refractivity contribution >= 4 is 33.0 Å². The highest BCUT2D eigenvalue weighted by Crippen LogP contribution is 2.28. The zero-order valence-electron chi connectivity index (χ0n) is 14.5. The van der Waals surface area contributed by atoms with Crippen LogP contribution >= 0.6 is 11.3 Å². The van der Waals surface area contributed by atoms with Crippen LogP contribution in [0.5, 0.6) is 5.75 Å². The molecule has 0 spiro atoms. The molecule has 1 aromatic carbocycles. The molecule has 136 valence electrons. The van der Waals surface area contributed by atoms with Gasteiger partial charge < -0.3 is 10.1 Å². The molecule has 0 aliphatic heterocycles. The molecular formula is C17H22N2O4S2. The molecule has 1 amide bonds. The molecule has 1 aromatic heterocycles. The van der Waals surface area contributed by atoms with E-state index in [4.69, 9.17) is 4.74 Å². The minimum Gasteiger partial charge on any atom is -0.494 e. The van der Waals surface area contributed by atoms with E-state index in [9.17, 15) is 13.2 Å². The number of carbonyl (C=O) groups excluding carboxylic acids is 1. The molecule has 1 heterocycles. The number of ether oxygens (including phenoxy) is 1. The van der Waals surface area contributed by atoms with Gasteiger partial charge in [0, 0.05) is 13.6 Å². The Morgan fingerprint density at radius 3 is 2.48 bits per heavy atom. The van der Waals surface area contributed by atoms with Crippen LogP contribution in [0.15, 0.2) is 40.6 Å². The van der Waals surface area contributed by atoms with E-state index in [-0.39, 0.29) is 15.7 Å². The number of hydrogen-bond donors (Lipinski definition) is 1. The smallest absolute Gasteiger partial charge is 0.265 e. The van der Waals surface area contributed by atoms with Crippen molar-refractivity contribution in [2.75, 3.05) is 24.5 Å². The third-order valence-corrected chi connectivity index (χ3v) is 6.39. The average Bonchev–Trinajstić information content (AvgIpc) is 3.10. The summed E-state index contributed by atoms with van der Waals surface area (Å²) in [6, 6.07) is 8.24. The first-order chi connectivity index (χ1) is 11.9. The molecule has 0 radical (unpaired) electrons. The number of anilines is 1. The van der Waals surface area contributed by atoms with Gasteiger partial charge in [0.15, 0.2) is 0 Å². The lowest BCUT2D eigenvalue weighted by molar-refractivity contribution is 0.0954. The predicted octanol–water partition coefficient (Wildman–Crippen LogP) is 3.11. The molecule has 0 fully saturated rings. The third kappa shape index (κ3) is 4.32. The lowest BCUT2D eigenvalue weighted by atomic mass is 10.3. The number of rotatable bonds is 8. The maximum Gasteiger partial charge on any atom is 0.265 e. The molecule has 8 heteroatoms. The van der Waals surface area contributed by atoms with Crippen molar-refractivity contribution in [3.8, 4) is 5.75 Å². The van der Waals surface area contributed by atoms with E-state index < -0.39 is 10.0 Å². The monoisotopic (exact) mass is 382 g/mol. The summed E-state index contributed by atoms with van der Waals surface area (Å²) in [6.07, 6.45) is 0.783. The normalized spacial score (nSPS) is 11.2. The summed E-state index contributed by atoms with van der Waals surface area (Å²) in [5.74, 6) is 0.308. The predicted molar refractivity (Wildman–Crippen MR) is 100 cm³/mol. The van der Waals surface area contributed by atoms with Crippen molar-refractivity contribution in [3.63, 3.8) is 0 Å². The highest BCUT2D eigenvalue weighted by molar-refractivity contribution is 7.93. The average molecular weight is 383 g/mol. The van der Waals surface area contributed by atoms with E-state index in [2.05, 4.69) is 5.32 Å². The number of nitrogens with zero attached hydrogens (tertiary/aromatic N) is 1. The second-order valence-corrected chi connectivity index (χ2v) is 8.12. The fourth-order valence-electron chi connectivity index (χ4n) is 2.19. The number of carbonyl (C=O) groups is 1. The minimum atomic E-state index is -3.83. The highest BCUT2D eigenvalue weighted by Gasteiger charge is 2.28. The van der Waals surface area contributed by atoms with Gasteiger partial charge in [-0.1, -0.05) is 6.92 Å². The Balaban J connectivity index is 2.29. The maximum absolute atomic E-state index is 12.9. The zero-order valence-corrected chi connectivity index (χ0v) is 16.1. The summed E-state index contributed by atoms with van der Waals surface area (Å²) in [6.45, 7) is 4.86. The fourth-order valence-corrected chi connectivity index (χ4v) is 4.70. The van der Waals surface area contributed by atoms with Crippen LogP contribution < -0.4 is 14.4 Å². The molecule has 25 heavy (non-hydrogen) atoms. The van der Waals surface area contributed by atoms with Crippen molar-refractivity contribution in [2.24, 2.45) is 0 Å². The van der Waals surface area contributed by atoms with Crippen molar-refractivity contribution in [3.05, 3.63) is 40.6 Å². The first-order valence-corrected chi connectivity index (χ1v) is 10.3. The highest BCUT2D eigenvalue weighted by atomic mass is 32.2. The third-order valence-electron chi connectivity index (χ3n) is 3.52. The van der Waals surface area contributed by atoms with Gasteiger partial charge in [0.05, 0.1) is 12.3 Å². The van der Waals surface area contributed by atoms with E-state index in [0.717, 1.165) is 17.8 Å². The fraction of sp³-hybridized carbons (Fsp3) is 0.353. The Bertz CT molecular complexity index is 813. The van der Waals surface area contributed by atoms with Crippen LogP contribution in [-0.2, 0) is 10.0 Å². The largest absolute Gasteiger partial charge is 0.494 e. The number of amides is 1. The molecule has 6 nitrogen and oxygen atoms in total. The van der Waals surface area contributed by atoms with Crippen LogP contribution in [0.3, 0.4) is 0 Å². The van der Waals surface area contributed by atoms with Gasteiger partial charge in [-0.05, 0) is 49.1 Å². The molecule has 0 atom stereocenters. The van der Waals surface area contributed by atoms with E-state index in [1.807, 2.05) is 13.8 Å². The quantitative estimate of drug-likeness (QED) is 0.761. The number of benzene rings is 1. The minimum absolute atomic E-state index is 0.0162. The molecule has 0 aliphatic carbocycles. The van der Waals surface area contributed by atoms with Gasteiger partial charge >= 0.3 is 0 Å². The molecule has 0 saturated heterocycles. The number of nitrogens with one attached hydrogen (secondary N) is 1. The Labute approximate surface area is 152 Å². The standard InChI is InChI=1S/C17H22N2O4S2/c1-4-11-18-17(20)16-15(10-12-24-16)25(21,22)19(3)13-6-8-14(9-7-13)23-5-2/h6-10,12H,4-5,11H2,1-3H3,(H,18,20). The second kappa shape index (κ2) is 8.35. The summed E-state index contributed by atoms with van der Waals surface area (Å²) in [4.78, 5) is 12.4. The van der Waals surface area contributed by atoms with Gasteiger partial charge in [0.25, 0.3) is 15.9 Å². The molecule has 1 N–H and O–H groups in total. The second-order valence-electron chi connectivity index (χ2n) is 5.27. The first-order valence-electron chi connectivity index (χ1n) is 7.99. The van der Waals surface area contributed by atoms with Crippen LogP contribution in [0, 0.1) is 0 Å². The molecule has 2 aromatic rings. The van der Waals surface area contributed by atoms with Crippen LogP contribution in [0.25, 0.3) is 0 Å². The lowest BCUT2D eigenvalue weighted by Gasteiger charge is -2.20. The van der Waals surface area contributed by atoms with E-state index in [1.54, 1.807) is 29.6 Å². The molecule has 0 saturated carbocycles. The zero-order chi connectivity index (χ0) is 18.4. The van der Waals surface area contributed by atoms with Crippen molar-refractivity contribution in [1.29, 1.82) is 0 Å². The number of hydrogen-bond acceptors (Lipinski definition) is 5. The molecular weight excluding hydrogens is 360 g/mol. The van der Waals surface area contributed by atoms with Crippen LogP contribution in [0.1, 0.15) is 29.9 Å². The van der Waals surface area contributed by atoms with Gasteiger partial charge in [0.1, 0.15) is 15.5 Å². The maximum atomic E-state index is 12.9. The molecule has 0 bridgehead atoms. The van der Waals surface area contributed by atoms with Gasteiger partial charge in [0.2, 0.25) is 0 Å². The SMILES string of the molecule is CCCNC(=O)c1sccc1S(=O)(=O)N(C)c1ccc(OCC)cc1. The van der Waals surface area contributed by atoms with E-state index >= 15 is 0 Å². The molecule has 2 rings (SSSR count). The van der Waals surface area contributed by atoms with E-state index in [0.29, 0.717) is 24.6 Å². The van der Waals surface area contributed by atoms with Crippen LogP contribution in [-0.4, -0.2) is 34.5 Å². The summed E-state index contributed by atoms with van der Waals surface area (Å²) < 4.78 is 32.4. The first kappa shape index (κ1) is 19.3. The Kier molecular flexibility index (Phi) is 6.44. The van der Waals surface area contributed by atoms with Crippen LogP contribution in [0.2, 0.25) is 0 Å². The topological polar surface area (TPSA) is 75.7 Å². The Morgan fingerprint density at radius 1 is 1.20 bits per heavy atom. The van der Waals surface area contributed by atoms with Gasteiger partial charge in [-0.15, -0.1) is 11.3 Å². The summed E-state index contributed by atoms with van der Waals surface area (Å²) in [5.41, 5.74) is 0.495. The molecule has 0 aliphatic rings. The van der Waals surface area contributed by atoms with Crippen LogP contribution in [0.4, 0.5) is 5.69 Å². The number of sulfonamides is 1. The van der Waals surface area contributed by atoms with Crippen molar-refractivity contribution < 1.29 is 17.9 Å². The van der Waals surface area contributed by atoms with Gasteiger partial charge in [-0.25, -0.2) is 8.42 Å². The van der Waals surface area contributed by atoms with Gasteiger partial charge in [-0.3, -0.25) is 9.10 Å². The Morgan fingerprint density at radius 2 is 1.88 bits per heavy atom. The summed E-state index contributed by atoms with van der Waals surface area (Å²) in [7, 11) is -2.36. The van der Waals surface area contributed by atoms with Crippen molar-refractivity contribution in [1.82, 2.24) is 5.32 Å². The number of thiophene rings is 1. The summed E-state index contributed by atoms with van der Waals surface area (Å²) >= 11 is 1.12. The lowest BCUT2D eigenvalue weighted by Crippen LogP contribution is -2.30. The molecule has 0 unspecified atom stereocenters. The van der Waals surface area contributed by atoms with E-state index in [1.165, 1.54) is 17.4 Å². The van der Waals surface area contributed by atoms with Crippen molar-refractivity contribution in [2.45, 2.75) is 25.2 Å². The van der Waals surface area contributed by atoms with Gasteiger partial charge in [-0.2, -0.15) is 0 Å². The summed E-state index contributed by atoms with van der Waals surface area (Å²) in [5, 5.41) is 4.33.